The molecule has 122 valence electrons. The van der Waals surface area contributed by atoms with E-state index in [4.69, 9.17) is 27.9 Å². The van der Waals surface area contributed by atoms with Crippen molar-refractivity contribution in [2.24, 2.45) is 0 Å². The highest BCUT2D eigenvalue weighted by atomic mass is 35.5. The minimum Gasteiger partial charge on any atom is -0.488 e. The second kappa shape index (κ2) is 7.53. The number of hydrogen-bond donors (Lipinski definition) is 1. The third-order valence-corrected chi connectivity index (χ3v) is 3.60. The zero-order valence-electron chi connectivity index (χ0n) is 12.7. The van der Waals surface area contributed by atoms with Crippen LogP contribution in [0.2, 0.25) is 10.0 Å². The van der Waals surface area contributed by atoms with Crippen LogP contribution < -0.4 is 15.6 Å². The average Bonchev–Trinajstić information content (AvgIpc) is 2.48. The number of rotatable bonds is 5. The molecule has 0 bridgehead atoms. The highest BCUT2D eigenvalue weighted by molar-refractivity contribution is 6.35. The van der Waals surface area contributed by atoms with Crippen molar-refractivity contribution in [3.63, 3.8) is 0 Å². The van der Waals surface area contributed by atoms with Gasteiger partial charge in [0.25, 0.3) is 5.56 Å². The highest BCUT2D eigenvalue weighted by Gasteiger charge is 2.18. The Balaban J connectivity index is 2.23. The number of hydrogen-bond acceptors (Lipinski definition) is 3. The summed E-state index contributed by atoms with van der Waals surface area (Å²) in [5.41, 5.74) is 0.106. The van der Waals surface area contributed by atoms with Crippen LogP contribution in [0.1, 0.15) is 19.9 Å². The first-order valence-electron chi connectivity index (χ1n) is 7.03. The Hall–Kier alpha value is -1.98. The molecule has 0 aliphatic heterocycles. The van der Waals surface area contributed by atoms with E-state index < -0.39 is 6.04 Å². The highest BCUT2D eigenvalue weighted by Crippen LogP contribution is 2.23. The number of ether oxygens (including phenoxy) is 1. The lowest BCUT2D eigenvalue weighted by Gasteiger charge is -2.16. The Morgan fingerprint density at radius 2 is 1.96 bits per heavy atom. The summed E-state index contributed by atoms with van der Waals surface area (Å²) in [6.45, 7) is 3.79. The molecule has 1 heterocycles. The summed E-state index contributed by atoms with van der Waals surface area (Å²) in [5.74, 6) is -0.153. The summed E-state index contributed by atoms with van der Waals surface area (Å²) < 4.78 is 6.57. The SMILES string of the molecule is CCOc1cccn(C(C)C(=O)Nc2cc(Cl)cc(Cl)c2)c1=O. The van der Waals surface area contributed by atoms with Crippen LogP contribution in [0.25, 0.3) is 0 Å². The van der Waals surface area contributed by atoms with E-state index in [9.17, 15) is 9.59 Å². The lowest BCUT2D eigenvalue weighted by atomic mass is 10.2. The number of carbonyl (C=O) groups is 1. The quantitative estimate of drug-likeness (QED) is 0.889. The van der Waals surface area contributed by atoms with Gasteiger partial charge in [0.2, 0.25) is 5.91 Å². The number of anilines is 1. The second-order valence-electron chi connectivity index (χ2n) is 4.84. The van der Waals surface area contributed by atoms with Crippen LogP contribution in [0.3, 0.4) is 0 Å². The molecule has 7 heteroatoms. The molecule has 1 unspecified atom stereocenters. The van der Waals surface area contributed by atoms with Crippen LogP contribution in [-0.4, -0.2) is 17.1 Å². The maximum Gasteiger partial charge on any atom is 0.293 e. The van der Waals surface area contributed by atoms with Crippen molar-refractivity contribution >= 4 is 34.8 Å². The number of carbonyl (C=O) groups excluding carboxylic acids is 1. The van der Waals surface area contributed by atoms with E-state index in [0.717, 1.165) is 0 Å². The van der Waals surface area contributed by atoms with Crippen LogP contribution >= 0.6 is 23.2 Å². The lowest BCUT2D eigenvalue weighted by molar-refractivity contribution is -0.118. The van der Waals surface area contributed by atoms with Gasteiger partial charge < -0.3 is 14.6 Å². The van der Waals surface area contributed by atoms with Crippen molar-refractivity contribution in [2.75, 3.05) is 11.9 Å². The molecule has 2 aromatic rings. The number of amides is 1. The van der Waals surface area contributed by atoms with Crippen LogP contribution in [0.4, 0.5) is 5.69 Å². The number of pyridine rings is 1. The van der Waals surface area contributed by atoms with E-state index >= 15 is 0 Å². The molecule has 0 saturated carbocycles. The molecular weight excluding hydrogens is 339 g/mol. The van der Waals surface area contributed by atoms with E-state index in [0.29, 0.717) is 22.3 Å². The Labute approximate surface area is 143 Å². The number of benzene rings is 1. The largest absolute Gasteiger partial charge is 0.488 e. The molecule has 5 nitrogen and oxygen atoms in total. The van der Waals surface area contributed by atoms with Gasteiger partial charge in [-0.1, -0.05) is 23.2 Å². The smallest absolute Gasteiger partial charge is 0.293 e. The second-order valence-corrected chi connectivity index (χ2v) is 5.71. The van der Waals surface area contributed by atoms with Gasteiger partial charge in [-0.2, -0.15) is 0 Å². The third kappa shape index (κ3) is 4.27. The van der Waals surface area contributed by atoms with Crippen molar-refractivity contribution in [1.82, 2.24) is 4.57 Å². The molecule has 0 aliphatic rings. The van der Waals surface area contributed by atoms with Gasteiger partial charge in [0.05, 0.1) is 6.61 Å². The first kappa shape index (κ1) is 17.4. The van der Waals surface area contributed by atoms with Crippen LogP contribution in [0.15, 0.2) is 41.3 Å². The standard InChI is InChI=1S/C16H16Cl2N2O3/c1-3-23-14-5-4-6-20(16(14)22)10(2)15(21)19-13-8-11(17)7-12(18)9-13/h4-10H,3H2,1-2H3,(H,19,21). The number of halogens is 2. The van der Waals surface area contributed by atoms with E-state index in [-0.39, 0.29) is 17.2 Å². The Morgan fingerprint density at radius 1 is 1.30 bits per heavy atom. The molecule has 0 spiro atoms. The maximum absolute atomic E-state index is 12.4. The van der Waals surface area contributed by atoms with Gasteiger partial charge in [0.15, 0.2) is 5.75 Å². The Morgan fingerprint density at radius 3 is 2.57 bits per heavy atom. The first-order chi connectivity index (χ1) is 10.9. The lowest BCUT2D eigenvalue weighted by Crippen LogP contribution is -2.31. The monoisotopic (exact) mass is 354 g/mol. The minimum absolute atomic E-state index is 0.209. The normalized spacial score (nSPS) is 11.8. The van der Waals surface area contributed by atoms with Gasteiger partial charge in [0, 0.05) is 21.9 Å². The molecule has 0 saturated heterocycles. The summed E-state index contributed by atoms with van der Waals surface area (Å²) in [7, 11) is 0. The van der Waals surface area contributed by atoms with Crippen LogP contribution in [0, 0.1) is 0 Å². The Bertz CT molecular complexity index is 754. The van der Waals surface area contributed by atoms with Gasteiger partial charge >= 0.3 is 0 Å². The number of nitrogens with one attached hydrogen (secondary N) is 1. The molecule has 0 fully saturated rings. The third-order valence-electron chi connectivity index (χ3n) is 3.17. The fraction of sp³-hybridized carbons (Fsp3) is 0.250. The fourth-order valence-corrected chi connectivity index (χ4v) is 2.58. The summed E-state index contributed by atoms with van der Waals surface area (Å²) in [6, 6.07) is 7.24. The van der Waals surface area contributed by atoms with Crippen molar-refractivity contribution in [3.8, 4) is 5.75 Å². The Kier molecular flexibility index (Phi) is 5.69. The molecule has 1 amide bonds. The molecule has 1 N–H and O–H groups in total. The van der Waals surface area contributed by atoms with Gasteiger partial charge in [-0.25, -0.2) is 0 Å². The fourth-order valence-electron chi connectivity index (χ4n) is 2.06. The molecule has 1 aromatic carbocycles. The number of nitrogens with zero attached hydrogens (tertiary/aromatic N) is 1. The maximum atomic E-state index is 12.4. The van der Waals surface area contributed by atoms with Crippen molar-refractivity contribution in [2.45, 2.75) is 19.9 Å². The van der Waals surface area contributed by atoms with E-state index in [2.05, 4.69) is 5.32 Å². The van der Waals surface area contributed by atoms with Crippen LogP contribution in [-0.2, 0) is 4.79 Å². The molecule has 0 aliphatic carbocycles. The minimum atomic E-state index is -0.722. The van der Waals surface area contributed by atoms with Gasteiger partial charge in [-0.15, -0.1) is 0 Å². The first-order valence-corrected chi connectivity index (χ1v) is 7.79. The van der Waals surface area contributed by atoms with Crippen molar-refractivity contribution in [1.29, 1.82) is 0 Å². The number of aromatic nitrogens is 1. The van der Waals surface area contributed by atoms with E-state index in [1.54, 1.807) is 50.4 Å². The zero-order valence-corrected chi connectivity index (χ0v) is 14.2. The van der Waals surface area contributed by atoms with Gasteiger partial charge in [-0.05, 0) is 44.2 Å². The summed E-state index contributed by atoms with van der Waals surface area (Å²) in [6.07, 6.45) is 1.54. The zero-order chi connectivity index (χ0) is 17.0. The van der Waals surface area contributed by atoms with Crippen molar-refractivity contribution in [3.05, 3.63) is 56.9 Å². The molecule has 1 atom stereocenters. The molecule has 1 aromatic heterocycles. The summed E-state index contributed by atoms with van der Waals surface area (Å²) >= 11 is 11.8. The molecule has 0 radical (unpaired) electrons. The van der Waals surface area contributed by atoms with E-state index in [1.807, 2.05) is 0 Å². The predicted molar refractivity (Wildman–Crippen MR) is 91.7 cm³/mol. The topological polar surface area (TPSA) is 60.3 Å². The van der Waals surface area contributed by atoms with E-state index in [1.165, 1.54) is 4.57 Å². The van der Waals surface area contributed by atoms with Gasteiger partial charge in [-0.3, -0.25) is 9.59 Å². The molecule has 2 rings (SSSR count). The molecular formula is C16H16Cl2N2O3. The van der Waals surface area contributed by atoms with Crippen LogP contribution in [0.5, 0.6) is 5.75 Å². The summed E-state index contributed by atoms with van der Waals surface area (Å²) in [5, 5.41) is 3.52. The predicted octanol–water partition coefficient (Wildman–Crippen LogP) is 3.75. The van der Waals surface area contributed by atoms with Crippen molar-refractivity contribution < 1.29 is 9.53 Å². The summed E-state index contributed by atoms with van der Waals surface area (Å²) in [4.78, 5) is 24.6. The molecule has 23 heavy (non-hydrogen) atoms. The van der Waals surface area contributed by atoms with Gasteiger partial charge in [0.1, 0.15) is 6.04 Å². The average molecular weight is 355 g/mol.